The molecule has 1 atom stereocenters. The molecule has 0 saturated heterocycles. The predicted molar refractivity (Wildman–Crippen MR) is 76.3 cm³/mol. The summed E-state index contributed by atoms with van der Waals surface area (Å²) in [7, 11) is 0. The summed E-state index contributed by atoms with van der Waals surface area (Å²) >= 11 is 5.94. The lowest BCUT2D eigenvalue weighted by Crippen LogP contribution is -2.10. The Labute approximate surface area is 114 Å². The highest BCUT2D eigenvalue weighted by Gasteiger charge is 2.13. The van der Waals surface area contributed by atoms with E-state index in [1.54, 1.807) is 6.33 Å². The van der Waals surface area contributed by atoms with Crippen molar-refractivity contribution in [3.05, 3.63) is 17.6 Å². The molecule has 1 aromatic heterocycles. The minimum Gasteiger partial charge on any atom is -0.370 e. The molecule has 2 rings (SSSR count). The zero-order chi connectivity index (χ0) is 12.8. The number of aromatic nitrogens is 2. The van der Waals surface area contributed by atoms with Gasteiger partial charge in [-0.3, -0.25) is 0 Å². The Morgan fingerprint density at radius 2 is 2.11 bits per heavy atom. The van der Waals surface area contributed by atoms with E-state index in [0.717, 1.165) is 38.0 Å². The van der Waals surface area contributed by atoms with Crippen LogP contribution in [0.5, 0.6) is 0 Å². The highest BCUT2D eigenvalue weighted by atomic mass is 35.5. The number of rotatable bonds is 5. The van der Waals surface area contributed by atoms with Crippen molar-refractivity contribution in [3.8, 4) is 0 Å². The van der Waals surface area contributed by atoms with Crippen LogP contribution >= 0.6 is 11.6 Å². The molecule has 0 amide bonds. The second kappa shape index (κ2) is 6.93. The van der Waals surface area contributed by atoms with Crippen molar-refractivity contribution >= 4 is 17.4 Å². The summed E-state index contributed by atoms with van der Waals surface area (Å²) in [5.74, 6) is 1.05. The lowest BCUT2D eigenvalue weighted by Gasteiger charge is -2.12. The number of anilines is 1. The van der Waals surface area contributed by atoms with Gasteiger partial charge in [0.25, 0.3) is 0 Å². The maximum absolute atomic E-state index is 5.94. The molecule has 1 aromatic rings. The quantitative estimate of drug-likeness (QED) is 0.504. The highest BCUT2D eigenvalue weighted by molar-refractivity contribution is 6.20. The fraction of sp³-hybridized carbons (Fsp3) is 0.714. The predicted octanol–water partition coefficient (Wildman–Crippen LogP) is 3.56. The van der Waals surface area contributed by atoms with Crippen molar-refractivity contribution in [3.63, 3.8) is 0 Å². The van der Waals surface area contributed by atoms with Gasteiger partial charge in [0.15, 0.2) is 0 Å². The maximum atomic E-state index is 5.94. The molecular formula is C14H22ClN3. The molecule has 0 aliphatic heterocycles. The molecule has 3 nitrogen and oxygen atoms in total. The number of halogens is 1. The van der Waals surface area contributed by atoms with Crippen molar-refractivity contribution in [1.82, 2.24) is 9.97 Å². The normalized spacial score (nSPS) is 16.8. The van der Waals surface area contributed by atoms with Crippen LogP contribution in [0, 0.1) is 0 Å². The van der Waals surface area contributed by atoms with Gasteiger partial charge >= 0.3 is 0 Å². The van der Waals surface area contributed by atoms with Crippen LogP contribution in [0.15, 0.2) is 6.33 Å². The van der Waals surface area contributed by atoms with E-state index in [-0.39, 0.29) is 5.38 Å². The molecule has 0 radical (unpaired) electrons. The zero-order valence-corrected chi connectivity index (χ0v) is 11.8. The van der Waals surface area contributed by atoms with Crippen molar-refractivity contribution in [1.29, 1.82) is 0 Å². The fourth-order valence-electron chi connectivity index (χ4n) is 2.44. The number of nitrogens with zero attached hydrogens (tertiary/aromatic N) is 2. The Kier molecular flexibility index (Phi) is 5.24. The Bertz CT molecular complexity index is 379. The van der Waals surface area contributed by atoms with Gasteiger partial charge in [-0.2, -0.15) is 0 Å². The van der Waals surface area contributed by atoms with Gasteiger partial charge in [-0.15, -0.1) is 11.6 Å². The van der Waals surface area contributed by atoms with Crippen LogP contribution in [0.3, 0.4) is 0 Å². The van der Waals surface area contributed by atoms with E-state index in [2.05, 4.69) is 15.3 Å². The van der Waals surface area contributed by atoms with Gasteiger partial charge in [0.1, 0.15) is 12.1 Å². The molecular weight excluding hydrogens is 246 g/mol. The average molecular weight is 268 g/mol. The minimum atomic E-state index is 0.259. The van der Waals surface area contributed by atoms with Crippen molar-refractivity contribution < 1.29 is 0 Å². The van der Waals surface area contributed by atoms with Gasteiger partial charge in [0.05, 0.1) is 0 Å². The van der Waals surface area contributed by atoms with E-state index in [1.165, 1.54) is 30.5 Å². The van der Waals surface area contributed by atoms with Crippen LogP contribution in [0.4, 0.5) is 5.82 Å². The second-order valence-electron chi connectivity index (χ2n) is 5.06. The van der Waals surface area contributed by atoms with Crippen LogP contribution in [0.1, 0.15) is 50.3 Å². The SMILES string of the molecule is CC(Cl)CCCNc1ncnc2c1CCCCC2. The third kappa shape index (κ3) is 3.84. The highest BCUT2D eigenvalue weighted by Crippen LogP contribution is 2.23. The molecule has 18 heavy (non-hydrogen) atoms. The first-order valence-corrected chi connectivity index (χ1v) is 7.41. The number of aryl methyl sites for hydroxylation is 1. The Morgan fingerprint density at radius 3 is 2.94 bits per heavy atom. The molecule has 100 valence electrons. The molecule has 0 fully saturated rings. The largest absolute Gasteiger partial charge is 0.370 e. The van der Waals surface area contributed by atoms with Gasteiger partial charge in [-0.25, -0.2) is 9.97 Å². The molecule has 0 aromatic carbocycles. The summed E-state index contributed by atoms with van der Waals surface area (Å²) in [6.45, 7) is 2.98. The number of alkyl halides is 1. The molecule has 1 unspecified atom stereocenters. The number of nitrogens with one attached hydrogen (secondary N) is 1. The lowest BCUT2D eigenvalue weighted by atomic mass is 10.1. The monoisotopic (exact) mass is 267 g/mol. The van der Waals surface area contributed by atoms with Gasteiger partial charge in [0.2, 0.25) is 0 Å². The Morgan fingerprint density at radius 1 is 1.28 bits per heavy atom. The lowest BCUT2D eigenvalue weighted by molar-refractivity contribution is 0.708. The van der Waals surface area contributed by atoms with Crippen molar-refractivity contribution in [2.45, 2.75) is 57.2 Å². The zero-order valence-electron chi connectivity index (χ0n) is 11.1. The summed E-state index contributed by atoms with van der Waals surface area (Å²) < 4.78 is 0. The van der Waals surface area contributed by atoms with E-state index in [4.69, 9.17) is 11.6 Å². The Balaban J connectivity index is 1.95. The average Bonchev–Trinajstić information content (AvgIpc) is 2.60. The topological polar surface area (TPSA) is 37.8 Å². The molecule has 1 aliphatic rings. The van der Waals surface area contributed by atoms with E-state index < -0.39 is 0 Å². The standard InChI is InChI=1S/C14H22ClN3/c1-11(15)6-5-9-16-14-12-7-3-2-4-8-13(12)17-10-18-14/h10-11H,2-9H2,1H3,(H,16,17,18). The molecule has 4 heteroatoms. The second-order valence-corrected chi connectivity index (χ2v) is 5.80. The van der Waals surface area contributed by atoms with Crippen LogP contribution in [0.2, 0.25) is 0 Å². The van der Waals surface area contributed by atoms with Gasteiger partial charge in [0, 0.05) is 23.2 Å². The molecule has 1 heterocycles. The van der Waals surface area contributed by atoms with E-state index in [0.29, 0.717) is 0 Å². The number of hydrogen-bond donors (Lipinski definition) is 1. The summed E-state index contributed by atoms with van der Waals surface area (Å²) in [5, 5.41) is 3.70. The first kappa shape index (κ1) is 13.6. The minimum absolute atomic E-state index is 0.259. The van der Waals surface area contributed by atoms with Gasteiger partial charge < -0.3 is 5.32 Å². The van der Waals surface area contributed by atoms with Crippen LogP contribution in [0.25, 0.3) is 0 Å². The molecule has 0 spiro atoms. The fourth-order valence-corrected chi connectivity index (χ4v) is 2.59. The van der Waals surface area contributed by atoms with Crippen LogP contribution < -0.4 is 5.32 Å². The van der Waals surface area contributed by atoms with Gasteiger partial charge in [-0.05, 0) is 45.4 Å². The maximum Gasteiger partial charge on any atom is 0.132 e. The smallest absolute Gasteiger partial charge is 0.132 e. The van der Waals surface area contributed by atoms with E-state index >= 15 is 0 Å². The molecule has 0 bridgehead atoms. The van der Waals surface area contributed by atoms with Crippen LogP contribution in [-0.4, -0.2) is 21.9 Å². The number of hydrogen-bond acceptors (Lipinski definition) is 3. The molecule has 1 aliphatic carbocycles. The third-order valence-electron chi connectivity index (χ3n) is 3.45. The summed E-state index contributed by atoms with van der Waals surface area (Å²) in [6, 6.07) is 0. The van der Waals surface area contributed by atoms with E-state index in [1.807, 2.05) is 6.92 Å². The number of fused-ring (bicyclic) bond motifs is 1. The van der Waals surface area contributed by atoms with Crippen molar-refractivity contribution in [2.24, 2.45) is 0 Å². The molecule has 0 saturated carbocycles. The summed E-state index contributed by atoms with van der Waals surface area (Å²) in [4.78, 5) is 8.82. The van der Waals surface area contributed by atoms with E-state index in [9.17, 15) is 0 Å². The summed E-state index contributed by atoms with van der Waals surface area (Å²) in [5.41, 5.74) is 2.59. The third-order valence-corrected chi connectivity index (χ3v) is 3.66. The first-order valence-electron chi connectivity index (χ1n) is 6.98. The molecule has 1 N–H and O–H groups in total. The Hall–Kier alpha value is -0.830. The van der Waals surface area contributed by atoms with Crippen LogP contribution in [-0.2, 0) is 12.8 Å². The van der Waals surface area contributed by atoms with Gasteiger partial charge in [-0.1, -0.05) is 6.42 Å². The summed E-state index contributed by atoms with van der Waals surface area (Å²) in [6.07, 6.45) is 9.86. The first-order chi connectivity index (χ1) is 8.77. The van der Waals surface area contributed by atoms with Crippen molar-refractivity contribution in [2.75, 3.05) is 11.9 Å².